The van der Waals surface area contributed by atoms with Crippen LogP contribution in [0.3, 0.4) is 0 Å². The number of rotatable bonds is 5. The molecule has 1 aromatic heterocycles. The molecule has 0 saturated heterocycles. The van der Waals surface area contributed by atoms with Crippen molar-refractivity contribution < 1.29 is 9.59 Å². The molecule has 0 spiro atoms. The van der Waals surface area contributed by atoms with Crippen LogP contribution in [0.4, 0.5) is 10.5 Å². The third-order valence-electron chi connectivity index (χ3n) is 4.81. The SMILES string of the molecule is Cc1ccc(NC(=O)NC(=O)[C@H](C)Sc2nc3ccccc3c(=O)n2C(C)C)c(C)c1. The first-order valence-electron chi connectivity index (χ1n) is 10.0. The zero-order valence-electron chi connectivity index (χ0n) is 18.2. The zero-order valence-corrected chi connectivity index (χ0v) is 19.0. The highest BCUT2D eigenvalue weighted by Gasteiger charge is 2.22. The van der Waals surface area contributed by atoms with Crippen LogP contribution in [0.2, 0.25) is 0 Å². The number of urea groups is 1. The molecule has 0 radical (unpaired) electrons. The molecular formula is C23H26N4O3S. The van der Waals surface area contributed by atoms with Crippen LogP contribution < -0.4 is 16.2 Å². The number of benzene rings is 2. The molecule has 2 N–H and O–H groups in total. The Balaban J connectivity index is 1.76. The van der Waals surface area contributed by atoms with Crippen molar-refractivity contribution in [3.05, 3.63) is 63.9 Å². The second-order valence-electron chi connectivity index (χ2n) is 7.70. The highest BCUT2D eigenvalue weighted by molar-refractivity contribution is 8.00. The molecule has 3 aromatic rings. The van der Waals surface area contributed by atoms with Crippen LogP contribution in [-0.4, -0.2) is 26.7 Å². The van der Waals surface area contributed by atoms with Crippen LogP contribution in [0.15, 0.2) is 52.4 Å². The van der Waals surface area contributed by atoms with Gasteiger partial charge in [0, 0.05) is 11.7 Å². The van der Waals surface area contributed by atoms with E-state index in [1.54, 1.807) is 35.8 Å². The average molecular weight is 439 g/mol. The van der Waals surface area contributed by atoms with Gasteiger partial charge in [0.25, 0.3) is 5.56 Å². The van der Waals surface area contributed by atoms with Crippen LogP contribution in [-0.2, 0) is 4.79 Å². The summed E-state index contributed by atoms with van der Waals surface area (Å²) in [5, 5.41) is 5.40. The first-order chi connectivity index (χ1) is 14.7. The van der Waals surface area contributed by atoms with Crippen LogP contribution in [0.25, 0.3) is 10.9 Å². The predicted octanol–water partition coefficient (Wildman–Crippen LogP) is 4.42. The Kier molecular flexibility index (Phi) is 6.80. The molecule has 0 saturated carbocycles. The number of nitrogens with one attached hydrogen (secondary N) is 2. The smallest absolute Gasteiger partial charge is 0.307 e. The molecule has 0 bridgehead atoms. The third kappa shape index (κ3) is 5.14. The Morgan fingerprint density at radius 2 is 1.77 bits per heavy atom. The van der Waals surface area contributed by atoms with Gasteiger partial charge in [-0.25, -0.2) is 9.78 Å². The van der Waals surface area contributed by atoms with E-state index in [1.165, 1.54) is 0 Å². The molecule has 0 fully saturated rings. The predicted molar refractivity (Wildman–Crippen MR) is 125 cm³/mol. The maximum atomic E-state index is 12.9. The highest BCUT2D eigenvalue weighted by atomic mass is 32.2. The van der Waals surface area contributed by atoms with E-state index < -0.39 is 17.2 Å². The van der Waals surface area contributed by atoms with Gasteiger partial charge in [0.2, 0.25) is 5.91 Å². The second kappa shape index (κ2) is 9.34. The van der Waals surface area contributed by atoms with Crippen LogP contribution in [0.1, 0.15) is 37.9 Å². The van der Waals surface area contributed by atoms with E-state index in [9.17, 15) is 14.4 Å². The van der Waals surface area contributed by atoms with E-state index in [0.717, 1.165) is 22.9 Å². The summed E-state index contributed by atoms with van der Waals surface area (Å²) in [7, 11) is 0. The standard InChI is InChI=1S/C23H26N4O3S/c1-13(2)27-21(29)17-8-6-7-9-19(17)25-23(27)31-16(5)20(28)26-22(30)24-18-11-10-14(3)12-15(18)4/h6-13,16H,1-5H3,(H2,24,26,28,30)/t16-/m0/s1. The highest BCUT2D eigenvalue weighted by Crippen LogP contribution is 2.25. The number of anilines is 1. The second-order valence-corrected chi connectivity index (χ2v) is 9.01. The van der Waals surface area contributed by atoms with Crippen molar-refractivity contribution in [2.75, 3.05) is 5.32 Å². The van der Waals surface area contributed by atoms with Gasteiger partial charge in [-0.3, -0.25) is 19.5 Å². The number of fused-ring (bicyclic) bond motifs is 1. The van der Waals surface area contributed by atoms with E-state index in [2.05, 4.69) is 15.6 Å². The van der Waals surface area contributed by atoms with Crippen molar-refractivity contribution >= 4 is 40.3 Å². The number of aromatic nitrogens is 2. The van der Waals surface area contributed by atoms with Crippen molar-refractivity contribution in [3.63, 3.8) is 0 Å². The fourth-order valence-electron chi connectivity index (χ4n) is 3.20. The van der Waals surface area contributed by atoms with Crippen LogP contribution in [0, 0.1) is 13.8 Å². The van der Waals surface area contributed by atoms with Crippen molar-refractivity contribution in [3.8, 4) is 0 Å². The lowest BCUT2D eigenvalue weighted by atomic mass is 10.1. The van der Waals surface area contributed by atoms with Gasteiger partial charge in [-0.05, 0) is 58.4 Å². The summed E-state index contributed by atoms with van der Waals surface area (Å²) in [6.45, 7) is 9.32. The fraction of sp³-hybridized carbons (Fsp3) is 0.304. The summed E-state index contributed by atoms with van der Waals surface area (Å²) < 4.78 is 1.58. The quantitative estimate of drug-likeness (QED) is 0.454. The summed E-state index contributed by atoms with van der Waals surface area (Å²) in [5.41, 5.74) is 3.06. The number of hydrogen-bond donors (Lipinski definition) is 2. The molecule has 162 valence electrons. The number of imide groups is 1. The van der Waals surface area contributed by atoms with Gasteiger partial charge in [0.05, 0.1) is 16.2 Å². The lowest BCUT2D eigenvalue weighted by molar-refractivity contribution is -0.119. The van der Waals surface area contributed by atoms with E-state index in [4.69, 9.17) is 0 Å². The van der Waals surface area contributed by atoms with Crippen LogP contribution >= 0.6 is 11.8 Å². The normalized spacial score (nSPS) is 12.1. The number of thioether (sulfide) groups is 1. The van der Waals surface area contributed by atoms with E-state index in [0.29, 0.717) is 21.7 Å². The largest absolute Gasteiger partial charge is 0.325 e. The Bertz CT molecular complexity index is 1200. The monoisotopic (exact) mass is 438 g/mol. The average Bonchev–Trinajstić information content (AvgIpc) is 2.70. The summed E-state index contributed by atoms with van der Waals surface area (Å²) in [4.78, 5) is 42.4. The molecule has 0 unspecified atom stereocenters. The molecule has 1 atom stereocenters. The number of carbonyl (C=O) groups is 2. The number of hydrogen-bond acceptors (Lipinski definition) is 5. The minimum atomic E-state index is -0.636. The van der Waals surface area contributed by atoms with Gasteiger partial charge >= 0.3 is 6.03 Å². The zero-order chi connectivity index (χ0) is 22.7. The fourth-order valence-corrected chi connectivity index (χ4v) is 4.24. The van der Waals surface area contributed by atoms with Gasteiger partial charge in [0.15, 0.2) is 5.16 Å². The van der Waals surface area contributed by atoms with Crippen molar-refractivity contribution in [1.29, 1.82) is 0 Å². The molecule has 3 amide bonds. The number of para-hydroxylation sites is 1. The summed E-state index contributed by atoms with van der Waals surface area (Å²) in [5.74, 6) is -0.468. The molecule has 0 aliphatic rings. The number of amides is 3. The van der Waals surface area contributed by atoms with Gasteiger partial charge < -0.3 is 5.32 Å². The maximum absolute atomic E-state index is 12.9. The first-order valence-corrected chi connectivity index (χ1v) is 10.9. The topological polar surface area (TPSA) is 93.1 Å². The lowest BCUT2D eigenvalue weighted by Crippen LogP contribution is -2.39. The van der Waals surface area contributed by atoms with E-state index in [-0.39, 0.29) is 11.6 Å². The molecule has 0 aliphatic heterocycles. The van der Waals surface area contributed by atoms with E-state index in [1.807, 2.05) is 45.9 Å². The van der Waals surface area contributed by atoms with Gasteiger partial charge in [0.1, 0.15) is 0 Å². The molecule has 2 aromatic carbocycles. The summed E-state index contributed by atoms with van der Waals surface area (Å²) in [6, 6.07) is 12.0. The molecule has 7 nitrogen and oxygen atoms in total. The molecule has 8 heteroatoms. The third-order valence-corrected chi connectivity index (χ3v) is 5.88. The minimum absolute atomic E-state index is 0.129. The molecule has 1 heterocycles. The van der Waals surface area contributed by atoms with Crippen molar-refractivity contribution in [2.45, 2.75) is 51.1 Å². The van der Waals surface area contributed by atoms with Crippen molar-refractivity contribution in [2.24, 2.45) is 0 Å². The Hall–Kier alpha value is -3.13. The Labute approximate surface area is 185 Å². The molecule has 0 aliphatic carbocycles. The number of carbonyl (C=O) groups excluding carboxylic acids is 2. The van der Waals surface area contributed by atoms with Crippen molar-refractivity contribution in [1.82, 2.24) is 14.9 Å². The van der Waals surface area contributed by atoms with E-state index >= 15 is 0 Å². The molecular weight excluding hydrogens is 412 g/mol. The van der Waals surface area contributed by atoms with Gasteiger partial charge in [-0.2, -0.15) is 0 Å². The molecule has 31 heavy (non-hydrogen) atoms. The summed E-state index contributed by atoms with van der Waals surface area (Å²) in [6.07, 6.45) is 0. The van der Waals surface area contributed by atoms with Crippen LogP contribution in [0.5, 0.6) is 0 Å². The molecule has 3 rings (SSSR count). The summed E-state index contributed by atoms with van der Waals surface area (Å²) >= 11 is 1.15. The first kappa shape index (κ1) is 22.6. The van der Waals surface area contributed by atoms with Gasteiger partial charge in [-0.15, -0.1) is 0 Å². The van der Waals surface area contributed by atoms with Gasteiger partial charge in [-0.1, -0.05) is 41.6 Å². The lowest BCUT2D eigenvalue weighted by Gasteiger charge is -2.18. The number of aryl methyl sites for hydroxylation is 2. The number of nitrogens with zero attached hydrogens (tertiary/aromatic N) is 2. The Morgan fingerprint density at radius 3 is 2.45 bits per heavy atom. The minimum Gasteiger partial charge on any atom is -0.307 e. The Morgan fingerprint density at radius 1 is 1.06 bits per heavy atom. The maximum Gasteiger partial charge on any atom is 0.325 e.